The lowest BCUT2D eigenvalue weighted by Crippen LogP contribution is -2.41. The highest BCUT2D eigenvalue weighted by Gasteiger charge is 2.35. The van der Waals surface area contributed by atoms with Gasteiger partial charge in [-0.25, -0.2) is 0 Å². The summed E-state index contributed by atoms with van der Waals surface area (Å²) in [5.74, 6) is 2.97. The van der Waals surface area contributed by atoms with E-state index in [2.05, 4.69) is 34.2 Å². The van der Waals surface area contributed by atoms with Crippen LogP contribution in [0, 0.1) is 11.8 Å². The number of rotatable bonds is 4. The third-order valence-electron chi connectivity index (χ3n) is 4.55. The van der Waals surface area contributed by atoms with Crippen molar-refractivity contribution in [2.75, 3.05) is 47.3 Å². The first-order valence-corrected chi connectivity index (χ1v) is 7.81. The van der Waals surface area contributed by atoms with Crippen molar-refractivity contribution in [1.29, 1.82) is 0 Å². The number of nitrogens with zero attached hydrogens (tertiary/aromatic N) is 3. The van der Waals surface area contributed by atoms with Crippen molar-refractivity contribution in [1.82, 2.24) is 15.1 Å². The van der Waals surface area contributed by atoms with Crippen molar-refractivity contribution in [3.05, 3.63) is 0 Å². The van der Waals surface area contributed by atoms with Gasteiger partial charge in [-0.3, -0.25) is 4.99 Å². The Balaban J connectivity index is 0.00000200. The van der Waals surface area contributed by atoms with Gasteiger partial charge in [0, 0.05) is 26.7 Å². The smallest absolute Gasteiger partial charge is 0.193 e. The van der Waals surface area contributed by atoms with Crippen LogP contribution in [0.25, 0.3) is 0 Å². The minimum absolute atomic E-state index is 0. The molecule has 0 amide bonds. The average molecular weight is 394 g/mol. The third kappa shape index (κ3) is 5.06. The number of hydrogen-bond acceptors (Lipinski definition) is 2. The van der Waals surface area contributed by atoms with Crippen molar-refractivity contribution < 1.29 is 0 Å². The van der Waals surface area contributed by atoms with E-state index in [4.69, 9.17) is 0 Å². The maximum Gasteiger partial charge on any atom is 0.193 e. The van der Waals surface area contributed by atoms with Crippen LogP contribution >= 0.6 is 24.0 Å². The molecule has 20 heavy (non-hydrogen) atoms. The van der Waals surface area contributed by atoms with Gasteiger partial charge in [-0.15, -0.1) is 24.0 Å². The van der Waals surface area contributed by atoms with E-state index in [1.165, 1.54) is 45.2 Å². The molecule has 2 atom stereocenters. The van der Waals surface area contributed by atoms with Gasteiger partial charge in [0.05, 0.1) is 0 Å². The largest absolute Gasteiger partial charge is 0.356 e. The molecule has 0 aromatic heterocycles. The molecular formula is C15H31IN4. The minimum atomic E-state index is 0. The molecule has 1 saturated heterocycles. The molecular weight excluding hydrogens is 363 g/mol. The predicted molar refractivity (Wildman–Crippen MR) is 97.0 cm³/mol. The standard InChI is InChI=1S/C15H30N4.HI/c1-16-15(17-9-6-10-18(2)3)19-11-13-7-4-5-8-14(13)12-19;/h13-14H,4-12H2,1-3H3,(H,16,17);1H. The number of likely N-dealkylation sites (tertiary alicyclic amines) is 1. The molecule has 4 nitrogen and oxygen atoms in total. The van der Waals surface area contributed by atoms with Crippen LogP contribution in [0.15, 0.2) is 4.99 Å². The number of halogens is 1. The highest BCUT2D eigenvalue weighted by molar-refractivity contribution is 14.0. The second kappa shape index (κ2) is 9.07. The van der Waals surface area contributed by atoms with Gasteiger partial charge in [0.25, 0.3) is 0 Å². The Kier molecular flexibility index (Phi) is 8.17. The fraction of sp³-hybridized carbons (Fsp3) is 0.933. The summed E-state index contributed by atoms with van der Waals surface area (Å²) in [6, 6.07) is 0. The number of fused-ring (bicyclic) bond motifs is 1. The summed E-state index contributed by atoms with van der Waals surface area (Å²) < 4.78 is 0. The second-order valence-electron chi connectivity index (χ2n) is 6.34. The zero-order valence-electron chi connectivity index (χ0n) is 13.3. The zero-order valence-corrected chi connectivity index (χ0v) is 15.6. The molecule has 0 bridgehead atoms. The first-order valence-electron chi connectivity index (χ1n) is 7.81. The molecule has 1 heterocycles. The van der Waals surface area contributed by atoms with Crippen molar-refractivity contribution in [2.24, 2.45) is 16.8 Å². The molecule has 2 aliphatic rings. The Morgan fingerprint density at radius 3 is 2.30 bits per heavy atom. The molecule has 2 rings (SSSR count). The van der Waals surface area contributed by atoms with Gasteiger partial charge < -0.3 is 15.1 Å². The van der Waals surface area contributed by atoms with Gasteiger partial charge in [0.15, 0.2) is 5.96 Å². The van der Waals surface area contributed by atoms with Crippen molar-refractivity contribution >= 4 is 29.9 Å². The summed E-state index contributed by atoms with van der Waals surface area (Å²) in [6.45, 7) is 4.60. The lowest BCUT2D eigenvalue weighted by molar-refractivity contribution is 0.299. The van der Waals surface area contributed by atoms with Crippen molar-refractivity contribution in [3.8, 4) is 0 Å². The summed E-state index contributed by atoms with van der Waals surface area (Å²) >= 11 is 0. The number of guanidine groups is 1. The molecule has 0 radical (unpaired) electrons. The van der Waals surface area contributed by atoms with E-state index in [-0.39, 0.29) is 24.0 Å². The Morgan fingerprint density at radius 1 is 1.20 bits per heavy atom. The van der Waals surface area contributed by atoms with Gasteiger partial charge in [-0.2, -0.15) is 0 Å². The highest BCUT2D eigenvalue weighted by atomic mass is 127. The average Bonchev–Trinajstić information content (AvgIpc) is 2.82. The summed E-state index contributed by atoms with van der Waals surface area (Å²) in [6.07, 6.45) is 6.90. The molecule has 0 spiro atoms. The monoisotopic (exact) mass is 394 g/mol. The Morgan fingerprint density at radius 2 is 1.80 bits per heavy atom. The fourth-order valence-corrected chi connectivity index (χ4v) is 3.51. The second-order valence-corrected chi connectivity index (χ2v) is 6.34. The molecule has 0 aromatic rings. The van der Waals surface area contributed by atoms with Gasteiger partial charge >= 0.3 is 0 Å². The summed E-state index contributed by atoms with van der Waals surface area (Å²) in [7, 11) is 6.16. The Bertz CT molecular complexity index is 292. The molecule has 2 fully saturated rings. The molecule has 118 valence electrons. The molecule has 5 heteroatoms. The summed E-state index contributed by atoms with van der Waals surface area (Å²) in [5, 5.41) is 3.53. The Labute approximate surface area is 141 Å². The van der Waals surface area contributed by atoms with E-state index in [0.29, 0.717) is 0 Å². The highest BCUT2D eigenvalue weighted by Crippen LogP contribution is 2.35. The van der Waals surface area contributed by atoms with Gasteiger partial charge in [0.1, 0.15) is 0 Å². The summed E-state index contributed by atoms with van der Waals surface area (Å²) in [4.78, 5) is 9.18. The first-order chi connectivity index (χ1) is 9.20. The minimum Gasteiger partial charge on any atom is -0.356 e. The molecule has 1 aliphatic heterocycles. The molecule has 1 saturated carbocycles. The van der Waals surface area contributed by atoms with E-state index in [9.17, 15) is 0 Å². The molecule has 1 aliphatic carbocycles. The lowest BCUT2D eigenvalue weighted by atomic mass is 9.82. The topological polar surface area (TPSA) is 30.9 Å². The number of hydrogen-bond donors (Lipinski definition) is 1. The van der Waals surface area contributed by atoms with E-state index >= 15 is 0 Å². The summed E-state index contributed by atoms with van der Waals surface area (Å²) in [5.41, 5.74) is 0. The van der Waals surface area contributed by atoms with Crippen molar-refractivity contribution in [2.45, 2.75) is 32.1 Å². The van der Waals surface area contributed by atoms with Crippen LogP contribution in [0.4, 0.5) is 0 Å². The maximum atomic E-state index is 4.46. The Hall–Kier alpha value is -0.0400. The van der Waals surface area contributed by atoms with Crippen LogP contribution in [0.1, 0.15) is 32.1 Å². The van der Waals surface area contributed by atoms with Crippen LogP contribution < -0.4 is 5.32 Å². The zero-order chi connectivity index (χ0) is 13.7. The van der Waals surface area contributed by atoms with Crippen LogP contribution in [0.2, 0.25) is 0 Å². The molecule has 1 N–H and O–H groups in total. The van der Waals surface area contributed by atoms with Gasteiger partial charge in [0.2, 0.25) is 0 Å². The van der Waals surface area contributed by atoms with Crippen LogP contribution in [0.5, 0.6) is 0 Å². The molecule has 0 aromatic carbocycles. The van der Waals surface area contributed by atoms with Crippen LogP contribution in [-0.4, -0.2) is 63.1 Å². The first kappa shape index (κ1) is 18.0. The predicted octanol–water partition coefficient (Wildman–Crippen LogP) is 2.25. The van der Waals surface area contributed by atoms with Gasteiger partial charge in [-0.05, 0) is 51.7 Å². The third-order valence-corrected chi connectivity index (χ3v) is 4.55. The van der Waals surface area contributed by atoms with Crippen molar-refractivity contribution in [3.63, 3.8) is 0 Å². The maximum absolute atomic E-state index is 4.46. The van der Waals surface area contributed by atoms with E-state index < -0.39 is 0 Å². The normalized spacial score (nSPS) is 26.4. The number of nitrogens with one attached hydrogen (secondary N) is 1. The SMILES string of the molecule is CN=C(NCCCN(C)C)N1CC2CCCCC2C1.I. The fourth-order valence-electron chi connectivity index (χ4n) is 3.51. The van der Waals surface area contributed by atoms with Crippen LogP contribution in [0.3, 0.4) is 0 Å². The lowest BCUT2D eigenvalue weighted by Gasteiger charge is -2.22. The van der Waals surface area contributed by atoms with E-state index in [0.717, 1.165) is 30.9 Å². The number of aliphatic imine (C=N–C) groups is 1. The quantitative estimate of drug-likeness (QED) is 0.344. The molecule has 2 unspecified atom stereocenters. The van der Waals surface area contributed by atoms with E-state index in [1.54, 1.807) is 0 Å². The van der Waals surface area contributed by atoms with Gasteiger partial charge in [-0.1, -0.05) is 12.8 Å². The van der Waals surface area contributed by atoms with E-state index in [1.807, 2.05) is 7.05 Å². The van der Waals surface area contributed by atoms with Crippen LogP contribution in [-0.2, 0) is 0 Å².